The highest BCUT2D eigenvalue weighted by atomic mass is 79.9. The van der Waals surface area contributed by atoms with Gasteiger partial charge in [-0.15, -0.1) is 0 Å². The largest absolute Gasteiger partial charge is 0.423 e. The Morgan fingerprint density at radius 3 is 2.59 bits per heavy atom. The number of ether oxygens (including phenoxy) is 1. The van der Waals surface area contributed by atoms with Crippen molar-refractivity contribution in [1.29, 1.82) is 0 Å². The molecule has 0 saturated carbocycles. The van der Waals surface area contributed by atoms with Crippen LogP contribution in [0.5, 0.6) is 5.75 Å². The summed E-state index contributed by atoms with van der Waals surface area (Å²) < 4.78 is 6.10. The van der Waals surface area contributed by atoms with Crippen LogP contribution in [-0.4, -0.2) is 28.7 Å². The molecule has 4 rings (SSSR count). The number of hydrogen-bond acceptors (Lipinski definition) is 7. The molecule has 1 saturated heterocycles. The average molecular weight is 512 g/mol. The molecule has 1 fully saturated rings. The van der Waals surface area contributed by atoms with Crippen molar-refractivity contribution in [3.63, 3.8) is 0 Å². The molecule has 0 aliphatic carbocycles. The van der Waals surface area contributed by atoms with E-state index in [1.165, 1.54) is 5.01 Å². The number of nitrogens with zero attached hydrogens (tertiary/aromatic N) is 2. The minimum absolute atomic E-state index is 0.0514. The third kappa shape index (κ3) is 4.56. The lowest BCUT2D eigenvalue weighted by Crippen LogP contribution is -2.21. The van der Waals surface area contributed by atoms with E-state index in [0.29, 0.717) is 38.8 Å². The molecular formula is C22H14BrN3O5S. The van der Waals surface area contributed by atoms with Gasteiger partial charge in [-0.05, 0) is 55.1 Å². The van der Waals surface area contributed by atoms with Gasteiger partial charge in [-0.1, -0.05) is 34.1 Å². The molecule has 2 aromatic carbocycles. The summed E-state index contributed by atoms with van der Waals surface area (Å²) in [4.78, 5) is 48.1. The van der Waals surface area contributed by atoms with Crippen LogP contribution in [0.2, 0.25) is 0 Å². The quantitative estimate of drug-likeness (QED) is 0.377. The summed E-state index contributed by atoms with van der Waals surface area (Å²) in [5.74, 6) is -1.62. The van der Waals surface area contributed by atoms with Gasteiger partial charge in [0.05, 0.1) is 21.9 Å². The molecule has 2 aromatic rings. The van der Waals surface area contributed by atoms with E-state index in [4.69, 9.17) is 4.74 Å². The zero-order valence-electron chi connectivity index (χ0n) is 16.5. The van der Waals surface area contributed by atoms with E-state index in [0.717, 1.165) is 6.08 Å². The van der Waals surface area contributed by atoms with Gasteiger partial charge in [0.1, 0.15) is 5.75 Å². The minimum Gasteiger partial charge on any atom is -0.423 e. The Morgan fingerprint density at radius 1 is 1.16 bits per heavy atom. The number of hydrogen-bond donors (Lipinski definition) is 1. The molecule has 160 valence electrons. The van der Waals surface area contributed by atoms with E-state index in [1.807, 2.05) is 18.2 Å². The number of anilines is 1. The van der Waals surface area contributed by atoms with Crippen LogP contribution in [0.15, 0.2) is 74.7 Å². The van der Waals surface area contributed by atoms with E-state index in [1.54, 1.807) is 43.3 Å². The second kappa shape index (κ2) is 8.93. The first-order valence-corrected chi connectivity index (χ1v) is 10.9. The molecule has 0 bridgehead atoms. The summed E-state index contributed by atoms with van der Waals surface area (Å²) in [5, 5.41) is 7.16. The molecule has 8 nitrogen and oxygen atoms in total. The Hall–Kier alpha value is -3.50. The normalized spacial score (nSPS) is 18.4. The van der Waals surface area contributed by atoms with Gasteiger partial charge in [0, 0.05) is 16.1 Å². The first-order chi connectivity index (χ1) is 15.3. The number of amides is 3. The zero-order valence-corrected chi connectivity index (χ0v) is 18.9. The van der Waals surface area contributed by atoms with Gasteiger partial charge in [0.15, 0.2) is 0 Å². The van der Waals surface area contributed by atoms with Crippen LogP contribution >= 0.6 is 27.7 Å². The van der Waals surface area contributed by atoms with Crippen LogP contribution in [0.25, 0.3) is 6.08 Å². The molecule has 3 amide bonds. The topological polar surface area (TPSA) is 105 Å². The van der Waals surface area contributed by atoms with Gasteiger partial charge < -0.3 is 4.74 Å². The highest BCUT2D eigenvalue weighted by Gasteiger charge is 2.29. The third-order valence-corrected chi connectivity index (χ3v) is 5.74. The number of thioether (sulfide) groups is 1. The number of esters is 1. The maximum atomic E-state index is 13.0. The number of nitrogens with one attached hydrogen (secondary N) is 1. The van der Waals surface area contributed by atoms with Crippen molar-refractivity contribution in [2.45, 2.75) is 6.92 Å². The van der Waals surface area contributed by atoms with Crippen LogP contribution in [0.3, 0.4) is 0 Å². The molecular weight excluding hydrogens is 498 g/mol. The Morgan fingerprint density at radius 2 is 1.91 bits per heavy atom. The molecule has 10 heteroatoms. The summed E-state index contributed by atoms with van der Waals surface area (Å²) >= 11 is 3.99. The number of imide groups is 1. The van der Waals surface area contributed by atoms with Crippen LogP contribution in [0.1, 0.15) is 12.5 Å². The van der Waals surface area contributed by atoms with E-state index in [2.05, 4.69) is 26.3 Å². The third-order valence-electron chi connectivity index (χ3n) is 4.44. The Balaban J connectivity index is 1.62. The van der Waals surface area contributed by atoms with Crippen molar-refractivity contribution in [3.05, 3.63) is 75.1 Å². The predicted octanol–water partition coefficient (Wildman–Crippen LogP) is 4.03. The number of halogens is 1. The highest BCUT2D eigenvalue weighted by Crippen LogP contribution is 2.30. The average Bonchev–Trinajstić information content (AvgIpc) is 3.22. The number of rotatable bonds is 4. The van der Waals surface area contributed by atoms with Crippen LogP contribution in [0.4, 0.5) is 10.5 Å². The first-order valence-electron chi connectivity index (χ1n) is 9.25. The molecule has 0 radical (unpaired) electrons. The molecule has 0 atom stereocenters. The highest BCUT2D eigenvalue weighted by molar-refractivity contribution is 9.10. The lowest BCUT2D eigenvalue weighted by Gasteiger charge is -2.11. The molecule has 2 heterocycles. The molecule has 2 aliphatic heterocycles. The number of benzene rings is 2. The van der Waals surface area contributed by atoms with E-state index in [-0.39, 0.29) is 16.6 Å². The summed E-state index contributed by atoms with van der Waals surface area (Å²) in [6.45, 7) is 1.72. The van der Waals surface area contributed by atoms with E-state index < -0.39 is 17.1 Å². The van der Waals surface area contributed by atoms with Crippen molar-refractivity contribution in [1.82, 2.24) is 5.32 Å². The maximum absolute atomic E-state index is 13.0. The molecule has 0 aromatic heterocycles. The second-order valence-electron chi connectivity index (χ2n) is 6.65. The predicted molar refractivity (Wildman–Crippen MR) is 124 cm³/mol. The lowest BCUT2D eigenvalue weighted by atomic mass is 10.1. The number of hydrazone groups is 1. The zero-order chi connectivity index (χ0) is 22.8. The molecule has 2 aliphatic rings. The summed E-state index contributed by atoms with van der Waals surface area (Å²) in [7, 11) is 0. The maximum Gasteiger partial charge on any atom is 0.337 e. The Bertz CT molecular complexity index is 1250. The number of para-hydroxylation sites is 1. The van der Waals surface area contributed by atoms with Crippen molar-refractivity contribution in [2.24, 2.45) is 5.10 Å². The van der Waals surface area contributed by atoms with Crippen molar-refractivity contribution in [3.8, 4) is 5.75 Å². The van der Waals surface area contributed by atoms with Gasteiger partial charge in [-0.25, -0.2) is 4.79 Å². The molecule has 0 spiro atoms. The van der Waals surface area contributed by atoms with Crippen LogP contribution < -0.4 is 15.1 Å². The minimum atomic E-state index is -0.826. The number of carbonyl (C=O) groups excluding carboxylic acids is 4. The SMILES string of the molecule is CC1=NN(c2ccccc2)C(=O)/C1=C\c1cc(Br)ccc1OC(=O)/C=C1\SC(=O)NC1=O. The smallest absolute Gasteiger partial charge is 0.337 e. The fraction of sp³-hybridized carbons (Fsp3) is 0.0455. The van der Waals surface area contributed by atoms with Crippen molar-refractivity contribution < 1.29 is 23.9 Å². The van der Waals surface area contributed by atoms with Gasteiger partial charge >= 0.3 is 5.97 Å². The van der Waals surface area contributed by atoms with E-state index in [9.17, 15) is 19.2 Å². The van der Waals surface area contributed by atoms with Crippen LogP contribution in [0, 0.1) is 0 Å². The number of carbonyl (C=O) groups is 4. The molecule has 1 N–H and O–H groups in total. The fourth-order valence-corrected chi connectivity index (χ4v) is 4.00. The first kappa shape index (κ1) is 21.7. The second-order valence-corrected chi connectivity index (χ2v) is 8.58. The Labute approximate surface area is 195 Å². The Kier molecular flexibility index (Phi) is 6.06. The van der Waals surface area contributed by atoms with Gasteiger partial charge in [-0.3, -0.25) is 19.7 Å². The van der Waals surface area contributed by atoms with Gasteiger partial charge in [0.25, 0.3) is 17.1 Å². The van der Waals surface area contributed by atoms with Crippen molar-refractivity contribution in [2.75, 3.05) is 5.01 Å². The van der Waals surface area contributed by atoms with E-state index >= 15 is 0 Å². The standard InChI is InChI=1S/C22H14BrN3O5S/c1-12-16(21(29)26(25-12)15-5-3-2-4-6-15)10-13-9-14(23)7-8-17(13)31-19(27)11-18-20(28)24-22(30)32-18/h2-11H,1H3,(H,24,28,30)/b16-10-,18-11-. The van der Waals surface area contributed by atoms with Crippen molar-refractivity contribution >= 4 is 68.2 Å². The van der Waals surface area contributed by atoms with Gasteiger partial charge in [0.2, 0.25) is 0 Å². The monoisotopic (exact) mass is 511 g/mol. The summed E-state index contributed by atoms with van der Waals surface area (Å²) in [5.41, 5.74) is 1.95. The summed E-state index contributed by atoms with van der Waals surface area (Å²) in [6.07, 6.45) is 2.54. The fourth-order valence-electron chi connectivity index (χ4n) is 2.97. The van der Waals surface area contributed by atoms with Crippen LogP contribution in [-0.2, 0) is 14.4 Å². The van der Waals surface area contributed by atoms with Gasteiger partial charge in [-0.2, -0.15) is 10.1 Å². The molecule has 32 heavy (non-hydrogen) atoms. The lowest BCUT2D eigenvalue weighted by molar-refractivity contribution is -0.129. The molecule has 0 unspecified atom stereocenters. The summed E-state index contributed by atoms with van der Waals surface area (Å²) in [6, 6.07) is 13.9.